The van der Waals surface area contributed by atoms with Crippen LogP contribution < -0.4 is 15.5 Å². The molecule has 4 aromatic rings. The molecule has 0 atom stereocenters. The summed E-state index contributed by atoms with van der Waals surface area (Å²) in [4.78, 5) is 34.2. The number of amides is 2. The minimum absolute atomic E-state index is 0.171. The number of rotatable bonds is 6. The van der Waals surface area contributed by atoms with Gasteiger partial charge in [0.15, 0.2) is 0 Å². The minimum atomic E-state index is -0.176. The van der Waals surface area contributed by atoms with E-state index in [9.17, 15) is 9.59 Å². The zero-order chi connectivity index (χ0) is 27.6. The molecular formula is C32H36N6O2. The second-order valence-corrected chi connectivity index (χ2v) is 10.9. The van der Waals surface area contributed by atoms with Crippen molar-refractivity contribution in [2.75, 3.05) is 37.4 Å². The lowest BCUT2D eigenvalue weighted by molar-refractivity contribution is 0.0975. The van der Waals surface area contributed by atoms with Gasteiger partial charge in [0.1, 0.15) is 5.82 Å². The van der Waals surface area contributed by atoms with E-state index in [1.807, 2.05) is 60.5 Å². The van der Waals surface area contributed by atoms with E-state index < -0.39 is 0 Å². The molecule has 1 aliphatic carbocycles. The van der Waals surface area contributed by atoms with E-state index in [0.29, 0.717) is 17.3 Å². The third-order valence-corrected chi connectivity index (χ3v) is 8.63. The largest absolute Gasteiger partial charge is 0.344 e. The molecule has 2 amide bonds. The smallest absolute Gasteiger partial charge is 0.325 e. The monoisotopic (exact) mass is 536 g/mol. The molecule has 0 radical (unpaired) electrons. The van der Waals surface area contributed by atoms with Gasteiger partial charge in [0.25, 0.3) is 5.91 Å². The van der Waals surface area contributed by atoms with Crippen molar-refractivity contribution in [3.8, 4) is 0 Å². The summed E-state index contributed by atoms with van der Waals surface area (Å²) in [5.41, 5.74) is 4.64. The van der Waals surface area contributed by atoms with Crippen molar-refractivity contribution in [1.82, 2.24) is 19.8 Å². The standard InChI is InChI=1S/C32H36N6O2/c1-33-32(40)38-19-15-25-20-27(10-11-29(25)38)36(2)28-12-16-34-30(21-28)35-31(39)24-8-6-22(7-9-24)23-13-17-37(18-14-23)26-4-3-5-26/h6-12,15-16,19-21,23,26H,3-5,13-14,17-18H2,1-2H3,(H,33,40)(H,34,35,39). The van der Waals surface area contributed by atoms with Crippen LogP contribution in [-0.4, -0.2) is 59.6 Å². The highest BCUT2D eigenvalue weighted by Gasteiger charge is 2.29. The van der Waals surface area contributed by atoms with Crippen LogP contribution in [-0.2, 0) is 0 Å². The summed E-state index contributed by atoms with van der Waals surface area (Å²) in [7, 11) is 3.58. The van der Waals surface area contributed by atoms with E-state index in [0.717, 1.165) is 28.3 Å². The Hall–Kier alpha value is -4.17. The molecule has 0 unspecified atom stereocenters. The Morgan fingerprint density at radius 3 is 2.38 bits per heavy atom. The molecule has 0 bridgehead atoms. The van der Waals surface area contributed by atoms with Gasteiger partial charge >= 0.3 is 6.03 Å². The van der Waals surface area contributed by atoms with E-state index in [-0.39, 0.29) is 11.9 Å². The Labute approximate surface area is 235 Å². The molecule has 8 heteroatoms. The molecule has 2 aromatic heterocycles. The fourth-order valence-corrected chi connectivity index (χ4v) is 5.93. The van der Waals surface area contributed by atoms with Crippen LogP contribution in [0.25, 0.3) is 10.9 Å². The predicted octanol–water partition coefficient (Wildman–Crippen LogP) is 5.98. The average Bonchev–Trinajstić information content (AvgIpc) is 3.39. The number of nitrogens with one attached hydrogen (secondary N) is 2. The first kappa shape index (κ1) is 26.1. The molecule has 2 aliphatic rings. The Morgan fingerprint density at radius 2 is 1.68 bits per heavy atom. The van der Waals surface area contributed by atoms with Crippen molar-refractivity contribution < 1.29 is 9.59 Å². The normalized spacial score (nSPS) is 16.4. The molecule has 206 valence electrons. The lowest BCUT2D eigenvalue weighted by Gasteiger charge is -2.42. The summed E-state index contributed by atoms with van der Waals surface area (Å²) in [6.45, 7) is 2.37. The Kier molecular flexibility index (Phi) is 7.26. The number of carbonyl (C=O) groups excluding carboxylic acids is 2. The molecule has 1 aliphatic heterocycles. The topological polar surface area (TPSA) is 82.5 Å². The summed E-state index contributed by atoms with van der Waals surface area (Å²) < 4.78 is 1.59. The number of carbonyl (C=O) groups is 2. The zero-order valence-corrected chi connectivity index (χ0v) is 23.1. The van der Waals surface area contributed by atoms with E-state index in [1.54, 1.807) is 24.0 Å². The SMILES string of the molecule is CNC(=O)n1ccc2cc(N(C)c3ccnc(NC(=O)c4ccc(C5CCN(C6CCC6)CC5)cc4)c3)ccc21. The van der Waals surface area contributed by atoms with Crippen LogP contribution in [0.1, 0.15) is 53.9 Å². The van der Waals surface area contributed by atoms with Gasteiger partial charge in [-0.25, -0.2) is 9.78 Å². The van der Waals surface area contributed by atoms with E-state index >= 15 is 0 Å². The second kappa shape index (κ2) is 11.1. The summed E-state index contributed by atoms with van der Waals surface area (Å²) in [6.07, 6.45) is 9.97. The number of aromatic nitrogens is 2. The van der Waals surface area contributed by atoms with E-state index in [1.165, 1.54) is 50.8 Å². The summed E-state index contributed by atoms with van der Waals surface area (Å²) in [6, 6.07) is 20.4. The van der Waals surface area contributed by atoms with Crippen molar-refractivity contribution in [2.45, 2.75) is 44.1 Å². The molecule has 3 heterocycles. The number of pyridine rings is 1. The summed E-state index contributed by atoms with van der Waals surface area (Å²) >= 11 is 0. The third kappa shape index (κ3) is 5.19. The number of piperidine rings is 1. The maximum atomic E-state index is 13.0. The van der Waals surface area contributed by atoms with E-state index in [4.69, 9.17) is 0 Å². The first-order chi connectivity index (χ1) is 19.5. The van der Waals surface area contributed by atoms with Crippen LogP contribution in [0.2, 0.25) is 0 Å². The van der Waals surface area contributed by atoms with Crippen LogP contribution in [0.4, 0.5) is 22.0 Å². The molecule has 1 saturated carbocycles. The molecule has 2 fully saturated rings. The van der Waals surface area contributed by atoms with Gasteiger partial charge in [-0.05, 0) is 92.7 Å². The van der Waals surface area contributed by atoms with Gasteiger partial charge in [0.05, 0.1) is 5.52 Å². The zero-order valence-electron chi connectivity index (χ0n) is 23.1. The highest BCUT2D eigenvalue weighted by molar-refractivity contribution is 6.04. The number of likely N-dealkylation sites (tertiary alicyclic amines) is 1. The van der Waals surface area contributed by atoms with Crippen molar-refractivity contribution >= 4 is 40.0 Å². The Morgan fingerprint density at radius 1 is 0.925 bits per heavy atom. The van der Waals surface area contributed by atoms with Crippen LogP contribution >= 0.6 is 0 Å². The molecule has 2 N–H and O–H groups in total. The lowest BCUT2D eigenvalue weighted by Crippen LogP contribution is -2.44. The highest BCUT2D eigenvalue weighted by Crippen LogP contribution is 2.33. The number of fused-ring (bicyclic) bond motifs is 1. The Balaban J connectivity index is 1.10. The van der Waals surface area contributed by atoms with Crippen LogP contribution in [0.5, 0.6) is 0 Å². The molecule has 2 aromatic carbocycles. The first-order valence-corrected chi connectivity index (χ1v) is 14.2. The molecule has 40 heavy (non-hydrogen) atoms. The molecule has 6 rings (SSSR count). The van der Waals surface area contributed by atoms with Gasteiger partial charge in [0.2, 0.25) is 0 Å². The molecular weight excluding hydrogens is 500 g/mol. The van der Waals surface area contributed by atoms with Crippen molar-refractivity contribution in [3.63, 3.8) is 0 Å². The fourth-order valence-electron chi connectivity index (χ4n) is 5.93. The van der Waals surface area contributed by atoms with E-state index in [2.05, 4.69) is 32.7 Å². The van der Waals surface area contributed by atoms with Crippen molar-refractivity contribution in [3.05, 3.63) is 84.2 Å². The van der Waals surface area contributed by atoms with Gasteiger partial charge in [-0.1, -0.05) is 18.6 Å². The van der Waals surface area contributed by atoms with Gasteiger partial charge in [-0.15, -0.1) is 0 Å². The quantitative estimate of drug-likeness (QED) is 0.317. The number of hydrogen-bond acceptors (Lipinski definition) is 5. The average molecular weight is 537 g/mol. The van der Waals surface area contributed by atoms with Crippen LogP contribution in [0.3, 0.4) is 0 Å². The maximum absolute atomic E-state index is 13.0. The minimum Gasteiger partial charge on any atom is -0.344 e. The lowest BCUT2D eigenvalue weighted by atomic mass is 9.85. The molecule has 1 saturated heterocycles. The van der Waals surface area contributed by atoms with Gasteiger partial charge < -0.3 is 20.4 Å². The highest BCUT2D eigenvalue weighted by atomic mass is 16.2. The Bertz CT molecular complexity index is 1520. The van der Waals surface area contributed by atoms with Crippen LogP contribution in [0, 0.1) is 0 Å². The van der Waals surface area contributed by atoms with Crippen molar-refractivity contribution in [2.24, 2.45) is 0 Å². The second-order valence-electron chi connectivity index (χ2n) is 10.9. The number of nitrogens with zero attached hydrogens (tertiary/aromatic N) is 4. The summed E-state index contributed by atoms with van der Waals surface area (Å²) in [5, 5.41) is 6.57. The number of hydrogen-bond donors (Lipinski definition) is 2. The summed E-state index contributed by atoms with van der Waals surface area (Å²) in [5.74, 6) is 0.896. The predicted molar refractivity (Wildman–Crippen MR) is 160 cm³/mol. The number of benzene rings is 2. The van der Waals surface area contributed by atoms with Gasteiger partial charge in [-0.3, -0.25) is 9.36 Å². The van der Waals surface area contributed by atoms with Gasteiger partial charge in [-0.2, -0.15) is 0 Å². The van der Waals surface area contributed by atoms with Crippen molar-refractivity contribution in [1.29, 1.82) is 0 Å². The molecule has 8 nitrogen and oxygen atoms in total. The van der Waals surface area contributed by atoms with Crippen LogP contribution in [0.15, 0.2) is 73.1 Å². The fraction of sp³-hybridized carbons (Fsp3) is 0.344. The first-order valence-electron chi connectivity index (χ1n) is 14.2. The number of anilines is 3. The molecule has 0 spiro atoms. The van der Waals surface area contributed by atoms with Gasteiger partial charge in [0, 0.05) is 60.9 Å². The third-order valence-electron chi connectivity index (χ3n) is 8.63. The maximum Gasteiger partial charge on any atom is 0.325 e.